The molecule has 6 nitrogen and oxygen atoms in total. The van der Waals surface area contributed by atoms with Crippen molar-refractivity contribution in [2.45, 2.75) is 5.92 Å². The lowest BCUT2D eigenvalue weighted by Gasteiger charge is -2.23. The minimum absolute atomic E-state index is 0. The van der Waals surface area contributed by atoms with E-state index >= 15 is 0 Å². The first-order valence-electron chi connectivity index (χ1n) is 9.88. The fourth-order valence-corrected chi connectivity index (χ4v) is 4.17. The summed E-state index contributed by atoms with van der Waals surface area (Å²) in [6.07, 6.45) is 7.90. The second-order valence-electron chi connectivity index (χ2n) is 7.55. The highest BCUT2D eigenvalue weighted by Crippen LogP contribution is 2.41. The molecular weight excluding hydrogens is 420 g/mol. The van der Waals surface area contributed by atoms with Gasteiger partial charge in [0, 0.05) is 23.9 Å². The van der Waals surface area contributed by atoms with E-state index in [9.17, 15) is 0 Å². The summed E-state index contributed by atoms with van der Waals surface area (Å²) in [6.45, 7) is 0. The van der Waals surface area contributed by atoms with Gasteiger partial charge in [0.1, 0.15) is 23.1 Å². The molecule has 1 unspecified atom stereocenters. The minimum atomic E-state index is -0.0409. The number of nitrogens with one attached hydrogen (secondary N) is 2. The van der Waals surface area contributed by atoms with E-state index in [1.165, 1.54) is 16.3 Å². The summed E-state index contributed by atoms with van der Waals surface area (Å²) in [5.41, 5.74) is 17.5. The second-order valence-corrected chi connectivity index (χ2v) is 7.55. The van der Waals surface area contributed by atoms with Crippen LogP contribution < -0.4 is 11.5 Å². The SMILES string of the molecule is Cl.N=C(N)c1ccc(-c2ccc3cccc4c3c2C=CC4c2ccc(C(=N)N)nc2)cn1. The molecule has 5 rings (SSSR count). The molecule has 0 radical (unpaired) electrons. The molecule has 2 aromatic heterocycles. The van der Waals surface area contributed by atoms with Gasteiger partial charge in [-0.3, -0.25) is 20.8 Å². The summed E-state index contributed by atoms with van der Waals surface area (Å²) in [7, 11) is 0. The zero-order chi connectivity index (χ0) is 21.5. The van der Waals surface area contributed by atoms with Crippen LogP contribution in [0.5, 0.6) is 0 Å². The number of amidine groups is 2. The number of hydrogen-bond donors (Lipinski definition) is 4. The first kappa shape index (κ1) is 21.2. The number of allylic oxidation sites excluding steroid dienone is 1. The average Bonchev–Trinajstić information content (AvgIpc) is 2.80. The molecule has 2 heterocycles. The Morgan fingerprint density at radius 2 is 1.53 bits per heavy atom. The Morgan fingerprint density at radius 3 is 2.16 bits per heavy atom. The number of rotatable bonds is 4. The summed E-state index contributed by atoms with van der Waals surface area (Å²) in [5.74, 6) is -0.00813. The topological polar surface area (TPSA) is 126 Å². The number of pyridine rings is 2. The fourth-order valence-electron chi connectivity index (χ4n) is 4.17. The molecule has 0 saturated carbocycles. The van der Waals surface area contributed by atoms with E-state index in [-0.39, 0.29) is 30.0 Å². The van der Waals surface area contributed by atoms with Crippen LogP contribution in [0.4, 0.5) is 0 Å². The summed E-state index contributed by atoms with van der Waals surface area (Å²) in [6, 6.07) is 18.1. The third kappa shape index (κ3) is 3.50. The van der Waals surface area contributed by atoms with Crippen molar-refractivity contribution in [1.82, 2.24) is 9.97 Å². The maximum absolute atomic E-state index is 7.56. The Labute approximate surface area is 191 Å². The van der Waals surface area contributed by atoms with Crippen LogP contribution in [-0.4, -0.2) is 21.6 Å². The Morgan fingerprint density at radius 1 is 0.812 bits per heavy atom. The third-order valence-corrected chi connectivity index (χ3v) is 5.68. The summed E-state index contributed by atoms with van der Waals surface area (Å²) >= 11 is 0. The second kappa shape index (κ2) is 8.24. The van der Waals surface area contributed by atoms with Crippen molar-refractivity contribution in [3.63, 3.8) is 0 Å². The quantitative estimate of drug-likeness (QED) is 0.276. The normalized spacial score (nSPS) is 14.1. The summed E-state index contributed by atoms with van der Waals surface area (Å²) < 4.78 is 0. The smallest absolute Gasteiger partial charge is 0.141 e. The first-order valence-corrected chi connectivity index (χ1v) is 9.88. The van der Waals surface area contributed by atoms with Crippen molar-refractivity contribution in [3.05, 3.63) is 101 Å². The Kier molecular flexibility index (Phi) is 5.47. The lowest BCUT2D eigenvalue weighted by molar-refractivity contribution is 1.01. The van der Waals surface area contributed by atoms with E-state index in [0.29, 0.717) is 11.4 Å². The van der Waals surface area contributed by atoms with Crippen LogP contribution in [0.1, 0.15) is 34.0 Å². The molecule has 32 heavy (non-hydrogen) atoms. The molecule has 0 fully saturated rings. The largest absolute Gasteiger partial charge is 0.382 e. The Balaban J connectivity index is 0.00000245. The number of benzene rings is 2. The molecule has 0 amide bonds. The number of hydrogen-bond acceptors (Lipinski definition) is 4. The monoisotopic (exact) mass is 440 g/mol. The standard InChI is InChI=1S/C25H20N6.ClH/c26-24(27)21-10-5-15(12-30-21)17-7-4-14-2-1-3-19-18(8-9-20(17)23(14)19)16-6-11-22(25(28)29)31-13-16;/h1-13,18H,(H3,26,27)(H3,28,29);1H. The van der Waals surface area contributed by atoms with E-state index in [4.69, 9.17) is 22.3 Å². The molecule has 1 aliphatic rings. The van der Waals surface area contributed by atoms with E-state index in [1.807, 2.05) is 12.1 Å². The van der Waals surface area contributed by atoms with Crippen molar-refractivity contribution in [2.75, 3.05) is 0 Å². The molecule has 2 aromatic carbocycles. The van der Waals surface area contributed by atoms with Gasteiger partial charge in [0.2, 0.25) is 0 Å². The van der Waals surface area contributed by atoms with Gasteiger partial charge in [-0.05, 0) is 45.2 Å². The maximum atomic E-state index is 7.56. The molecule has 4 aromatic rings. The van der Waals surface area contributed by atoms with Gasteiger partial charge in [0.15, 0.2) is 0 Å². The van der Waals surface area contributed by atoms with Crippen molar-refractivity contribution >= 4 is 40.9 Å². The lowest BCUT2D eigenvalue weighted by atomic mass is 9.80. The molecule has 7 heteroatoms. The van der Waals surface area contributed by atoms with Crippen molar-refractivity contribution in [2.24, 2.45) is 11.5 Å². The number of aromatic nitrogens is 2. The van der Waals surface area contributed by atoms with E-state index in [2.05, 4.69) is 52.5 Å². The van der Waals surface area contributed by atoms with Gasteiger partial charge in [-0.25, -0.2) is 0 Å². The van der Waals surface area contributed by atoms with Crippen LogP contribution in [-0.2, 0) is 0 Å². The van der Waals surface area contributed by atoms with Crippen molar-refractivity contribution < 1.29 is 0 Å². The predicted octanol–water partition coefficient (Wildman–Crippen LogP) is 4.45. The van der Waals surface area contributed by atoms with Crippen LogP contribution in [0.3, 0.4) is 0 Å². The number of nitrogen functional groups attached to an aromatic ring is 2. The molecule has 6 N–H and O–H groups in total. The number of nitrogens with zero attached hydrogens (tertiary/aromatic N) is 2. The molecule has 0 bridgehead atoms. The lowest BCUT2D eigenvalue weighted by Crippen LogP contribution is -2.13. The highest BCUT2D eigenvalue weighted by atomic mass is 35.5. The molecular formula is C25H21ClN6. The summed E-state index contributed by atoms with van der Waals surface area (Å²) in [4.78, 5) is 8.67. The van der Waals surface area contributed by atoms with Crippen molar-refractivity contribution in [3.8, 4) is 11.1 Å². The van der Waals surface area contributed by atoms with Gasteiger partial charge >= 0.3 is 0 Å². The summed E-state index contributed by atoms with van der Waals surface area (Å²) in [5, 5.41) is 17.5. The molecule has 1 aliphatic carbocycles. The van der Waals surface area contributed by atoms with Gasteiger partial charge < -0.3 is 11.5 Å². The van der Waals surface area contributed by atoms with Crippen LogP contribution in [0.2, 0.25) is 0 Å². The van der Waals surface area contributed by atoms with Crippen LogP contribution in [0.15, 0.2) is 73.1 Å². The van der Waals surface area contributed by atoms with Gasteiger partial charge in [-0.2, -0.15) is 0 Å². The molecule has 0 saturated heterocycles. The molecule has 0 aliphatic heterocycles. The Hall–Kier alpha value is -4.03. The number of nitrogens with two attached hydrogens (primary N) is 2. The van der Waals surface area contributed by atoms with Crippen molar-refractivity contribution in [1.29, 1.82) is 10.8 Å². The van der Waals surface area contributed by atoms with E-state index < -0.39 is 0 Å². The highest BCUT2D eigenvalue weighted by molar-refractivity contribution is 6.02. The maximum Gasteiger partial charge on any atom is 0.141 e. The van der Waals surface area contributed by atoms with Crippen LogP contribution in [0.25, 0.3) is 28.0 Å². The Bertz CT molecular complexity index is 1370. The fraction of sp³-hybridized carbons (Fsp3) is 0.0400. The molecule has 158 valence electrons. The minimum Gasteiger partial charge on any atom is -0.382 e. The zero-order valence-corrected chi connectivity index (χ0v) is 17.9. The highest BCUT2D eigenvalue weighted by Gasteiger charge is 2.22. The zero-order valence-electron chi connectivity index (χ0n) is 17.0. The van der Waals surface area contributed by atoms with Gasteiger partial charge in [0.05, 0.1) is 0 Å². The predicted molar refractivity (Wildman–Crippen MR) is 132 cm³/mol. The van der Waals surface area contributed by atoms with E-state index in [0.717, 1.165) is 22.3 Å². The molecule has 1 atom stereocenters. The number of halogens is 1. The first-order chi connectivity index (χ1) is 15.0. The van der Waals surface area contributed by atoms with Gasteiger partial charge in [-0.15, -0.1) is 12.4 Å². The third-order valence-electron chi connectivity index (χ3n) is 5.68. The van der Waals surface area contributed by atoms with Crippen LogP contribution in [0, 0.1) is 10.8 Å². The van der Waals surface area contributed by atoms with Gasteiger partial charge in [0.25, 0.3) is 0 Å². The average molecular weight is 441 g/mol. The molecule has 0 spiro atoms. The van der Waals surface area contributed by atoms with E-state index in [1.54, 1.807) is 24.5 Å². The van der Waals surface area contributed by atoms with Gasteiger partial charge in [-0.1, -0.05) is 54.6 Å². The van der Waals surface area contributed by atoms with Crippen LogP contribution >= 0.6 is 12.4 Å².